The van der Waals surface area contributed by atoms with Gasteiger partial charge in [0.25, 0.3) is 0 Å². The summed E-state index contributed by atoms with van der Waals surface area (Å²) in [4.78, 5) is 14.6. The van der Waals surface area contributed by atoms with E-state index in [-0.39, 0.29) is 11.8 Å². The number of hydrogen-bond donors (Lipinski definition) is 1. The fourth-order valence-corrected chi connectivity index (χ4v) is 3.74. The van der Waals surface area contributed by atoms with Crippen LogP contribution < -0.4 is 10.2 Å². The zero-order valence-corrected chi connectivity index (χ0v) is 15.1. The second-order valence-electron chi connectivity index (χ2n) is 6.72. The summed E-state index contributed by atoms with van der Waals surface area (Å²) >= 11 is 1.57. The van der Waals surface area contributed by atoms with Gasteiger partial charge in [0.1, 0.15) is 0 Å². The molecule has 0 bridgehead atoms. The van der Waals surface area contributed by atoms with E-state index < -0.39 is 0 Å². The first-order valence-electron chi connectivity index (χ1n) is 8.63. The van der Waals surface area contributed by atoms with E-state index in [2.05, 4.69) is 34.3 Å². The summed E-state index contributed by atoms with van der Waals surface area (Å²) in [6.07, 6.45) is 6.92. The van der Waals surface area contributed by atoms with Gasteiger partial charge >= 0.3 is 0 Å². The number of anilines is 1. The van der Waals surface area contributed by atoms with E-state index >= 15 is 0 Å². The molecule has 0 aromatic carbocycles. The van der Waals surface area contributed by atoms with Gasteiger partial charge in [-0.15, -0.1) is 10.2 Å². The molecule has 0 saturated carbocycles. The number of aromatic nitrogens is 3. The number of hydrogen-bond acceptors (Lipinski definition) is 5. The van der Waals surface area contributed by atoms with Crippen molar-refractivity contribution in [1.29, 1.82) is 0 Å². The van der Waals surface area contributed by atoms with Crippen LogP contribution in [0.2, 0.25) is 0 Å². The molecule has 0 aliphatic carbocycles. The summed E-state index contributed by atoms with van der Waals surface area (Å²) in [5.41, 5.74) is 0. The number of carbonyl (C=O) groups excluding carboxylic acids is 1. The zero-order chi connectivity index (χ0) is 16.9. The van der Waals surface area contributed by atoms with Crippen molar-refractivity contribution in [1.82, 2.24) is 20.1 Å². The third-order valence-electron chi connectivity index (χ3n) is 4.31. The van der Waals surface area contributed by atoms with Gasteiger partial charge in [-0.1, -0.05) is 25.2 Å². The maximum atomic E-state index is 12.4. The summed E-state index contributed by atoms with van der Waals surface area (Å²) in [5, 5.41) is 13.4. The molecule has 0 unspecified atom stereocenters. The van der Waals surface area contributed by atoms with Crippen LogP contribution in [0.3, 0.4) is 0 Å². The number of nitrogens with one attached hydrogen (secondary N) is 1. The van der Waals surface area contributed by atoms with Crippen molar-refractivity contribution >= 4 is 22.4 Å². The van der Waals surface area contributed by atoms with E-state index in [0.29, 0.717) is 5.92 Å². The molecule has 0 radical (unpaired) electrons. The fraction of sp³-hybridized carbons (Fsp3) is 0.588. The van der Waals surface area contributed by atoms with Gasteiger partial charge in [0.15, 0.2) is 0 Å². The Bertz CT molecular complexity index is 652. The molecule has 1 fully saturated rings. The van der Waals surface area contributed by atoms with Crippen LogP contribution >= 0.6 is 11.3 Å². The van der Waals surface area contributed by atoms with E-state index in [0.717, 1.165) is 49.2 Å². The smallest absolute Gasteiger partial charge is 0.224 e. The molecule has 1 aliphatic heterocycles. The largest absolute Gasteiger partial charge is 0.356 e. The maximum absolute atomic E-state index is 12.4. The summed E-state index contributed by atoms with van der Waals surface area (Å²) in [7, 11) is 0. The van der Waals surface area contributed by atoms with Crippen molar-refractivity contribution in [2.75, 3.05) is 24.5 Å². The second kappa shape index (κ2) is 7.79. The van der Waals surface area contributed by atoms with Gasteiger partial charge < -0.3 is 10.2 Å². The van der Waals surface area contributed by atoms with Gasteiger partial charge in [0, 0.05) is 32.0 Å². The topological polar surface area (TPSA) is 63.1 Å². The Balaban J connectivity index is 1.58. The molecule has 0 spiro atoms. The van der Waals surface area contributed by atoms with Crippen molar-refractivity contribution in [2.45, 2.75) is 33.1 Å². The molecule has 3 rings (SSSR count). The van der Waals surface area contributed by atoms with E-state index in [9.17, 15) is 4.79 Å². The van der Waals surface area contributed by atoms with Crippen molar-refractivity contribution in [3.63, 3.8) is 0 Å². The Kier molecular flexibility index (Phi) is 5.50. The predicted molar refractivity (Wildman–Crippen MR) is 96.6 cm³/mol. The van der Waals surface area contributed by atoms with Gasteiger partial charge in [-0.3, -0.25) is 9.36 Å². The van der Waals surface area contributed by atoms with Gasteiger partial charge in [-0.25, -0.2) is 0 Å². The second-order valence-corrected chi connectivity index (χ2v) is 7.65. The molecule has 2 aromatic heterocycles. The van der Waals surface area contributed by atoms with Crippen LogP contribution in [-0.4, -0.2) is 40.3 Å². The molecule has 7 heteroatoms. The highest BCUT2D eigenvalue weighted by Crippen LogP contribution is 2.27. The molecule has 130 valence electrons. The first-order valence-corrected chi connectivity index (χ1v) is 9.44. The summed E-state index contributed by atoms with van der Waals surface area (Å²) in [6, 6.07) is 3.94. The third-order valence-corrected chi connectivity index (χ3v) is 5.31. The van der Waals surface area contributed by atoms with Crippen LogP contribution in [0.15, 0.2) is 24.5 Å². The SMILES string of the molecule is CC(C)CCNC(=O)[C@@H]1CCCN(c2nnc(-n3cccc3)s2)C1. The fourth-order valence-electron chi connectivity index (χ4n) is 2.90. The van der Waals surface area contributed by atoms with Crippen LogP contribution in [0.25, 0.3) is 5.13 Å². The lowest BCUT2D eigenvalue weighted by Gasteiger charge is -2.31. The molecule has 3 heterocycles. The summed E-state index contributed by atoms with van der Waals surface area (Å²) in [6.45, 7) is 6.78. The predicted octanol–water partition coefficient (Wildman–Crippen LogP) is 2.71. The van der Waals surface area contributed by atoms with Gasteiger partial charge in [-0.2, -0.15) is 0 Å². The Morgan fingerprint density at radius 3 is 2.83 bits per heavy atom. The lowest BCUT2D eigenvalue weighted by Crippen LogP contribution is -2.43. The van der Waals surface area contributed by atoms with E-state index in [1.807, 2.05) is 29.1 Å². The highest BCUT2D eigenvalue weighted by Gasteiger charge is 2.27. The highest BCUT2D eigenvalue weighted by molar-refractivity contribution is 7.17. The van der Waals surface area contributed by atoms with E-state index in [1.165, 1.54) is 0 Å². The molecule has 24 heavy (non-hydrogen) atoms. The number of nitrogens with zero attached hydrogens (tertiary/aromatic N) is 4. The van der Waals surface area contributed by atoms with Crippen LogP contribution in [0.5, 0.6) is 0 Å². The summed E-state index contributed by atoms with van der Waals surface area (Å²) in [5.74, 6) is 0.835. The molecule has 6 nitrogen and oxygen atoms in total. The van der Waals surface area contributed by atoms with Gasteiger partial charge in [-0.05, 0) is 37.3 Å². The first-order chi connectivity index (χ1) is 11.6. The Labute approximate surface area is 146 Å². The molecule has 1 atom stereocenters. The quantitative estimate of drug-likeness (QED) is 0.873. The first kappa shape index (κ1) is 17.0. The van der Waals surface area contributed by atoms with Crippen molar-refractivity contribution < 1.29 is 4.79 Å². The maximum Gasteiger partial charge on any atom is 0.224 e. The molecular formula is C17H25N5OS. The number of rotatable bonds is 6. The Hall–Kier alpha value is -1.89. The van der Waals surface area contributed by atoms with E-state index in [1.54, 1.807) is 11.3 Å². The third kappa shape index (κ3) is 4.14. The standard InChI is InChI=1S/C17H25N5OS/c1-13(2)7-8-18-15(23)14-6-5-11-22(12-14)17-20-19-16(24-17)21-9-3-4-10-21/h3-4,9-10,13-14H,5-8,11-12H2,1-2H3,(H,18,23)/t14-/m1/s1. The molecule has 1 aliphatic rings. The Morgan fingerprint density at radius 2 is 2.08 bits per heavy atom. The van der Waals surface area contributed by atoms with Crippen LogP contribution in [0.4, 0.5) is 5.13 Å². The normalized spacial score (nSPS) is 18.1. The van der Waals surface area contributed by atoms with Crippen LogP contribution in [-0.2, 0) is 4.79 Å². The average molecular weight is 347 g/mol. The summed E-state index contributed by atoms with van der Waals surface area (Å²) < 4.78 is 1.96. The molecular weight excluding hydrogens is 322 g/mol. The number of carbonyl (C=O) groups is 1. The Morgan fingerprint density at radius 1 is 1.33 bits per heavy atom. The lowest BCUT2D eigenvalue weighted by atomic mass is 9.97. The minimum Gasteiger partial charge on any atom is -0.356 e. The minimum atomic E-state index is 0.0461. The van der Waals surface area contributed by atoms with Gasteiger partial charge in [0.05, 0.1) is 5.92 Å². The number of piperidine rings is 1. The van der Waals surface area contributed by atoms with Crippen LogP contribution in [0, 0.1) is 11.8 Å². The lowest BCUT2D eigenvalue weighted by molar-refractivity contribution is -0.125. The van der Waals surface area contributed by atoms with E-state index in [4.69, 9.17) is 0 Å². The highest BCUT2D eigenvalue weighted by atomic mass is 32.1. The average Bonchev–Trinajstić information content (AvgIpc) is 3.25. The molecule has 1 amide bonds. The monoisotopic (exact) mass is 347 g/mol. The molecule has 1 saturated heterocycles. The van der Waals surface area contributed by atoms with Crippen molar-refractivity contribution in [2.24, 2.45) is 11.8 Å². The van der Waals surface area contributed by atoms with Crippen molar-refractivity contribution in [3.05, 3.63) is 24.5 Å². The van der Waals surface area contributed by atoms with Gasteiger partial charge in [0.2, 0.25) is 16.2 Å². The van der Waals surface area contributed by atoms with Crippen LogP contribution in [0.1, 0.15) is 33.1 Å². The number of amides is 1. The minimum absolute atomic E-state index is 0.0461. The zero-order valence-electron chi connectivity index (χ0n) is 14.3. The molecule has 1 N–H and O–H groups in total. The van der Waals surface area contributed by atoms with Crippen molar-refractivity contribution in [3.8, 4) is 5.13 Å². The molecule has 2 aromatic rings.